The van der Waals surface area contributed by atoms with Gasteiger partial charge in [-0.15, -0.1) is 5.10 Å². The number of carboxylic acid groups (broad SMARTS) is 1. The molecule has 1 N–H and O–H groups in total. The SMILES string of the molecule is Cc1nc(-c2nnn(C)c2COc2noc(C3CC3)n2)ccc1O[C@H]1C[C@H]2CC[C@@H](C(=O)O)[C@H]2C1. The summed E-state index contributed by atoms with van der Waals surface area (Å²) in [6.45, 7) is 2.08. The molecular weight excluding hydrogens is 452 g/mol. The molecule has 0 aromatic carbocycles. The van der Waals surface area contributed by atoms with Crippen LogP contribution in [0.2, 0.25) is 0 Å². The van der Waals surface area contributed by atoms with Gasteiger partial charge in [-0.3, -0.25) is 4.79 Å². The molecule has 184 valence electrons. The molecule has 3 aromatic heterocycles. The molecule has 3 aliphatic carbocycles. The van der Waals surface area contributed by atoms with Crippen LogP contribution >= 0.6 is 0 Å². The number of aryl methyl sites for hydroxylation is 2. The van der Waals surface area contributed by atoms with E-state index in [1.165, 1.54) is 0 Å². The number of carboxylic acids is 1. The Morgan fingerprint density at radius 3 is 2.83 bits per heavy atom. The molecule has 11 heteroatoms. The summed E-state index contributed by atoms with van der Waals surface area (Å²) in [7, 11) is 1.80. The number of aromatic nitrogens is 6. The molecule has 35 heavy (non-hydrogen) atoms. The third-order valence-corrected chi connectivity index (χ3v) is 7.59. The first-order valence-corrected chi connectivity index (χ1v) is 12.2. The van der Waals surface area contributed by atoms with Crippen LogP contribution in [0, 0.1) is 24.7 Å². The average Bonchev–Trinajstić information content (AvgIpc) is 3.12. The van der Waals surface area contributed by atoms with Crippen molar-refractivity contribution < 1.29 is 23.9 Å². The molecule has 3 aliphatic rings. The molecule has 3 aromatic rings. The first kappa shape index (κ1) is 22.0. The minimum Gasteiger partial charge on any atom is -0.489 e. The molecule has 0 amide bonds. The van der Waals surface area contributed by atoms with Crippen LogP contribution in [0.15, 0.2) is 16.7 Å². The fourth-order valence-corrected chi connectivity index (χ4v) is 5.57. The fraction of sp³-hybridized carbons (Fsp3) is 0.583. The van der Waals surface area contributed by atoms with Crippen LogP contribution in [0.1, 0.15) is 61.7 Å². The van der Waals surface area contributed by atoms with Crippen LogP contribution in [-0.4, -0.2) is 47.3 Å². The van der Waals surface area contributed by atoms with Crippen molar-refractivity contribution in [1.29, 1.82) is 0 Å². The number of hydrogen-bond acceptors (Lipinski definition) is 9. The average molecular weight is 481 g/mol. The second kappa shape index (κ2) is 8.62. The molecular formula is C24H28N6O5. The zero-order chi connectivity index (χ0) is 24.1. The molecule has 0 aliphatic heterocycles. The highest BCUT2D eigenvalue weighted by Gasteiger charge is 2.47. The van der Waals surface area contributed by atoms with E-state index in [0.717, 1.165) is 49.9 Å². The van der Waals surface area contributed by atoms with Crippen LogP contribution in [-0.2, 0) is 18.4 Å². The second-order valence-corrected chi connectivity index (χ2v) is 9.92. The van der Waals surface area contributed by atoms with Gasteiger partial charge in [-0.2, -0.15) is 4.98 Å². The molecule has 3 heterocycles. The minimum atomic E-state index is -0.674. The monoisotopic (exact) mass is 480 g/mol. The number of nitrogens with zero attached hydrogens (tertiary/aromatic N) is 6. The molecule has 3 saturated carbocycles. The Hall–Kier alpha value is -3.50. The lowest BCUT2D eigenvalue weighted by Gasteiger charge is -2.18. The van der Waals surface area contributed by atoms with Crippen molar-refractivity contribution in [3.63, 3.8) is 0 Å². The van der Waals surface area contributed by atoms with E-state index in [9.17, 15) is 9.90 Å². The van der Waals surface area contributed by atoms with E-state index in [-0.39, 0.29) is 30.6 Å². The Kier molecular flexibility index (Phi) is 5.42. The van der Waals surface area contributed by atoms with Crippen molar-refractivity contribution in [2.75, 3.05) is 0 Å². The van der Waals surface area contributed by atoms with Crippen LogP contribution < -0.4 is 9.47 Å². The van der Waals surface area contributed by atoms with E-state index in [0.29, 0.717) is 34.9 Å². The first-order chi connectivity index (χ1) is 17.0. The van der Waals surface area contributed by atoms with Crippen LogP contribution in [0.5, 0.6) is 11.8 Å². The van der Waals surface area contributed by atoms with Crippen molar-refractivity contribution in [2.45, 2.75) is 64.1 Å². The standard InChI is InChI=1S/C24H28N6O5/c1-12-20(34-15-9-14-5-6-16(23(31)32)17(14)10-15)8-7-18(25-12)21-19(30(2)29-27-21)11-33-24-26-22(35-28-24)13-3-4-13/h7-8,13-17H,3-6,9-11H2,1-2H3,(H,31,32)/t14-,15+,16-,17+/m1/s1. The van der Waals surface area contributed by atoms with Crippen molar-refractivity contribution in [2.24, 2.45) is 24.8 Å². The topological polar surface area (TPSA) is 138 Å². The predicted molar refractivity (Wildman–Crippen MR) is 121 cm³/mol. The normalized spacial score (nSPS) is 25.5. The summed E-state index contributed by atoms with van der Waals surface area (Å²) >= 11 is 0. The molecule has 3 fully saturated rings. The van der Waals surface area contributed by atoms with E-state index in [1.807, 2.05) is 19.1 Å². The van der Waals surface area contributed by atoms with Gasteiger partial charge in [0.1, 0.15) is 23.7 Å². The lowest BCUT2D eigenvalue weighted by atomic mass is 9.92. The maximum Gasteiger partial charge on any atom is 0.354 e. The van der Waals surface area contributed by atoms with Gasteiger partial charge < -0.3 is 19.1 Å². The summed E-state index contributed by atoms with van der Waals surface area (Å²) in [5.74, 6) is 1.45. The lowest BCUT2D eigenvalue weighted by molar-refractivity contribution is -0.143. The summed E-state index contributed by atoms with van der Waals surface area (Å²) in [4.78, 5) is 20.6. The van der Waals surface area contributed by atoms with Gasteiger partial charge in [0.05, 0.1) is 23.4 Å². The largest absolute Gasteiger partial charge is 0.489 e. The zero-order valence-corrected chi connectivity index (χ0v) is 19.8. The van der Waals surface area contributed by atoms with Crippen LogP contribution in [0.4, 0.5) is 0 Å². The summed E-state index contributed by atoms with van der Waals surface area (Å²) in [6, 6.07) is 3.98. The Balaban J connectivity index is 1.14. The Morgan fingerprint density at radius 1 is 1.20 bits per heavy atom. The van der Waals surface area contributed by atoms with Gasteiger partial charge in [0.15, 0.2) is 0 Å². The molecule has 0 spiro atoms. The van der Waals surface area contributed by atoms with Crippen molar-refractivity contribution >= 4 is 5.97 Å². The molecule has 6 rings (SSSR count). The number of pyridine rings is 1. The van der Waals surface area contributed by atoms with E-state index in [1.54, 1.807) is 11.7 Å². The number of rotatable bonds is 8. The van der Waals surface area contributed by atoms with Gasteiger partial charge in [-0.25, -0.2) is 9.67 Å². The number of aliphatic carboxylic acids is 1. The third kappa shape index (κ3) is 4.23. The number of fused-ring (bicyclic) bond motifs is 1. The number of ether oxygens (including phenoxy) is 2. The molecule has 0 unspecified atom stereocenters. The van der Waals surface area contributed by atoms with Gasteiger partial charge in [0, 0.05) is 13.0 Å². The predicted octanol–water partition coefficient (Wildman–Crippen LogP) is 3.29. The third-order valence-electron chi connectivity index (χ3n) is 7.59. The Labute approximate surface area is 201 Å². The Morgan fingerprint density at radius 2 is 2.06 bits per heavy atom. The fourth-order valence-electron chi connectivity index (χ4n) is 5.57. The van der Waals surface area contributed by atoms with Gasteiger partial charge >= 0.3 is 12.0 Å². The highest BCUT2D eigenvalue weighted by molar-refractivity contribution is 5.71. The second-order valence-electron chi connectivity index (χ2n) is 9.92. The van der Waals surface area contributed by atoms with Crippen molar-refractivity contribution in [1.82, 2.24) is 30.1 Å². The van der Waals surface area contributed by atoms with Gasteiger partial charge in [0.2, 0.25) is 5.89 Å². The summed E-state index contributed by atoms with van der Waals surface area (Å²) < 4.78 is 18.9. The lowest BCUT2D eigenvalue weighted by Crippen LogP contribution is -2.21. The van der Waals surface area contributed by atoms with Crippen LogP contribution in [0.3, 0.4) is 0 Å². The Bertz CT molecular complexity index is 1250. The summed E-state index contributed by atoms with van der Waals surface area (Å²) in [5, 5.41) is 21.8. The summed E-state index contributed by atoms with van der Waals surface area (Å²) in [6.07, 6.45) is 5.62. The molecule has 0 bridgehead atoms. The highest BCUT2D eigenvalue weighted by Crippen LogP contribution is 2.48. The zero-order valence-electron chi connectivity index (χ0n) is 19.8. The van der Waals surface area contributed by atoms with E-state index < -0.39 is 5.97 Å². The van der Waals surface area contributed by atoms with Gasteiger partial charge in [-0.05, 0) is 74.6 Å². The van der Waals surface area contributed by atoms with E-state index >= 15 is 0 Å². The molecule has 0 saturated heterocycles. The van der Waals surface area contributed by atoms with Crippen molar-refractivity contribution in [3.05, 3.63) is 29.4 Å². The van der Waals surface area contributed by atoms with Crippen molar-refractivity contribution in [3.8, 4) is 23.1 Å². The maximum absolute atomic E-state index is 11.5. The molecule has 4 atom stereocenters. The minimum absolute atomic E-state index is 0.0227. The van der Waals surface area contributed by atoms with Gasteiger partial charge in [0.25, 0.3) is 0 Å². The maximum atomic E-state index is 11.5. The quantitative estimate of drug-likeness (QED) is 0.511. The molecule has 0 radical (unpaired) electrons. The van der Waals surface area contributed by atoms with E-state index in [2.05, 4.69) is 20.5 Å². The smallest absolute Gasteiger partial charge is 0.354 e. The first-order valence-electron chi connectivity index (χ1n) is 12.2. The summed E-state index contributed by atoms with van der Waals surface area (Å²) in [5.41, 5.74) is 2.78. The van der Waals surface area contributed by atoms with E-state index in [4.69, 9.17) is 19.0 Å². The van der Waals surface area contributed by atoms with Gasteiger partial charge in [-0.1, -0.05) is 5.21 Å². The number of hydrogen-bond donors (Lipinski definition) is 1. The van der Waals surface area contributed by atoms with Crippen LogP contribution in [0.25, 0.3) is 11.4 Å². The highest BCUT2D eigenvalue weighted by atomic mass is 16.6. The molecule has 11 nitrogen and oxygen atoms in total. The number of carbonyl (C=O) groups is 1.